The van der Waals surface area contributed by atoms with E-state index in [2.05, 4.69) is 20.8 Å². The summed E-state index contributed by atoms with van der Waals surface area (Å²) >= 11 is 0. The van der Waals surface area contributed by atoms with Crippen molar-refractivity contribution < 1.29 is 9.53 Å². The Kier molecular flexibility index (Phi) is 18.4. The van der Waals surface area contributed by atoms with Crippen LogP contribution in [0.5, 0.6) is 0 Å². The fraction of sp³-hybridized carbons (Fsp3) is 0.955. The molecule has 0 atom stereocenters. The SMILES string of the molecule is CCCCCCCCCC(=O)OCCCCCCCCCC(C)C. The van der Waals surface area contributed by atoms with Crippen molar-refractivity contribution in [1.82, 2.24) is 0 Å². The highest BCUT2D eigenvalue weighted by Gasteiger charge is 2.02. The van der Waals surface area contributed by atoms with Gasteiger partial charge in [-0.25, -0.2) is 0 Å². The molecular weight excluding hydrogens is 296 g/mol. The van der Waals surface area contributed by atoms with Gasteiger partial charge in [0.05, 0.1) is 6.61 Å². The van der Waals surface area contributed by atoms with Crippen molar-refractivity contribution in [3.05, 3.63) is 0 Å². The average molecular weight is 341 g/mol. The second-order valence-electron chi connectivity index (χ2n) is 7.75. The number of carbonyl (C=O) groups is 1. The second-order valence-corrected chi connectivity index (χ2v) is 7.75. The first-order valence-electron chi connectivity index (χ1n) is 10.8. The molecule has 0 aromatic carbocycles. The van der Waals surface area contributed by atoms with E-state index in [4.69, 9.17) is 4.74 Å². The molecule has 144 valence electrons. The summed E-state index contributed by atoms with van der Waals surface area (Å²) in [5.74, 6) is 0.859. The van der Waals surface area contributed by atoms with Gasteiger partial charge in [0.15, 0.2) is 0 Å². The van der Waals surface area contributed by atoms with Gasteiger partial charge in [-0.15, -0.1) is 0 Å². The van der Waals surface area contributed by atoms with Gasteiger partial charge in [-0.3, -0.25) is 4.79 Å². The van der Waals surface area contributed by atoms with Gasteiger partial charge in [-0.05, 0) is 18.8 Å². The topological polar surface area (TPSA) is 26.3 Å². The van der Waals surface area contributed by atoms with Crippen molar-refractivity contribution in [2.24, 2.45) is 5.92 Å². The van der Waals surface area contributed by atoms with E-state index in [-0.39, 0.29) is 5.97 Å². The molecule has 0 aliphatic rings. The molecule has 0 saturated carbocycles. The standard InChI is InChI=1S/C22H44O2/c1-4-5-6-7-9-13-16-19-22(23)24-20-17-14-11-8-10-12-15-18-21(2)3/h21H,4-20H2,1-3H3. The Morgan fingerprint density at radius 1 is 0.708 bits per heavy atom. The fourth-order valence-electron chi connectivity index (χ4n) is 3.02. The Balaban J connectivity index is 3.15. The van der Waals surface area contributed by atoms with Gasteiger partial charge < -0.3 is 4.74 Å². The van der Waals surface area contributed by atoms with E-state index in [1.807, 2.05) is 0 Å². The summed E-state index contributed by atoms with van der Waals surface area (Å²) < 4.78 is 5.32. The summed E-state index contributed by atoms with van der Waals surface area (Å²) in [7, 11) is 0. The molecule has 2 nitrogen and oxygen atoms in total. The lowest BCUT2D eigenvalue weighted by Gasteiger charge is -2.06. The molecule has 0 aliphatic heterocycles. The number of hydrogen-bond acceptors (Lipinski definition) is 2. The molecule has 0 unspecified atom stereocenters. The normalized spacial score (nSPS) is 11.2. The third-order valence-electron chi connectivity index (χ3n) is 4.67. The summed E-state index contributed by atoms with van der Waals surface area (Å²) in [5, 5.41) is 0. The van der Waals surface area contributed by atoms with Crippen LogP contribution in [-0.2, 0) is 9.53 Å². The minimum Gasteiger partial charge on any atom is -0.466 e. The molecule has 0 aliphatic carbocycles. The molecule has 0 N–H and O–H groups in total. The second kappa shape index (κ2) is 18.8. The maximum absolute atomic E-state index is 11.6. The first-order chi connectivity index (χ1) is 11.7. The smallest absolute Gasteiger partial charge is 0.305 e. The molecule has 0 aromatic heterocycles. The first kappa shape index (κ1) is 23.5. The molecule has 0 heterocycles. The molecule has 0 rings (SSSR count). The van der Waals surface area contributed by atoms with Crippen molar-refractivity contribution in [1.29, 1.82) is 0 Å². The number of carbonyl (C=O) groups excluding carboxylic acids is 1. The Labute approximate surface area is 152 Å². The van der Waals surface area contributed by atoms with Crippen LogP contribution in [0.15, 0.2) is 0 Å². The molecule has 0 radical (unpaired) electrons. The van der Waals surface area contributed by atoms with Gasteiger partial charge >= 0.3 is 5.97 Å². The number of ether oxygens (including phenoxy) is 1. The average Bonchev–Trinajstić information content (AvgIpc) is 2.55. The lowest BCUT2D eigenvalue weighted by Crippen LogP contribution is -2.05. The lowest BCUT2D eigenvalue weighted by atomic mass is 10.0. The lowest BCUT2D eigenvalue weighted by molar-refractivity contribution is -0.143. The van der Waals surface area contributed by atoms with Gasteiger partial charge in [0.1, 0.15) is 0 Å². The van der Waals surface area contributed by atoms with Gasteiger partial charge in [0.2, 0.25) is 0 Å². The zero-order chi connectivity index (χ0) is 17.9. The van der Waals surface area contributed by atoms with Gasteiger partial charge in [0.25, 0.3) is 0 Å². The predicted octanol–water partition coefficient (Wildman–Crippen LogP) is 7.45. The Morgan fingerprint density at radius 2 is 1.21 bits per heavy atom. The molecule has 0 amide bonds. The van der Waals surface area contributed by atoms with Crippen molar-refractivity contribution >= 4 is 5.97 Å². The first-order valence-corrected chi connectivity index (χ1v) is 10.8. The Hall–Kier alpha value is -0.530. The third kappa shape index (κ3) is 19.5. The number of unbranched alkanes of at least 4 members (excludes halogenated alkanes) is 12. The van der Waals surface area contributed by atoms with Crippen LogP contribution in [-0.4, -0.2) is 12.6 Å². The van der Waals surface area contributed by atoms with Crippen molar-refractivity contribution in [2.45, 2.75) is 124 Å². The number of rotatable bonds is 18. The summed E-state index contributed by atoms with van der Waals surface area (Å²) in [6.45, 7) is 7.47. The fourth-order valence-corrected chi connectivity index (χ4v) is 3.02. The van der Waals surface area contributed by atoms with E-state index in [1.165, 1.54) is 83.5 Å². The van der Waals surface area contributed by atoms with Crippen molar-refractivity contribution in [3.8, 4) is 0 Å². The molecule has 0 aromatic rings. The van der Waals surface area contributed by atoms with Crippen LogP contribution < -0.4 is 0 Å². The van der Waals surface area contributed by atoms with E-state index in [1.54, 1.807) is 0 Å². The molecule has 0 spiro atoms. The van der Waals surface area contributed by atoms with Crippen LogP contribution in [0.1, 0.15) is 124 Å². The molecule has 0 saturated heterocycles. The zero-order valence-corrected chi connectivity index (χ0v) is 16.9. The van der Waals surface area contributed by atoms with E-state index in [0.29, 0.717) is 13.0 Å². The predicted molar refractivity (Wildman–Crippen MR) is 105 cm³/mol. The monoisotopic (exact) mass is 340 g/mol. The summed E-state index contributed by atoms with van der Waals surface area (Å²) in [4.78, 5) is 11.6. The minimum absolute atomic E-state index is 0.0113. The van der Waals surface area contributed by atoms with Gasteiger partial charge in [-0.2, -0.15) is 0 Å². The highest BCUT2D eigenvalue weighted by molar-refractivity contribution is 5.69. The van der Waals surface area contributed by atoms with Crippen molar-refractivity contribution in [2.75, 3.05) is 6.61 Å². The van der Waals surface area contributed by atoms with E-state index < -0.39 is 0 Å². The third-order valence-corrected chi connectivity index (χ3v) is 4.67. The van der Waals surface area contributed by atoms with E-state index in [9.17, 15) is 4.79 Å². The molecule has 24 heavy (non-hydrogen) atoms. The van der Waals surface area contributed by atoms with Crippen molar-refractivity contribution in [3.63, 3.8) is 0 Å². The minimum atomic E-state index is 0.0113. The highest BCUT2D eigenvalue weighted by atomic mass is 16.5. The van der Waals surface area contributed by atoms with Crippen LogP contribution in [0, 0.1) is 5.92 Å². The van der Waals surface area contributed by atoms with Crippen LogP contribution in [0.3, 0.4) is 0 Å². The molecule has 0 fully saturated rings. The summed E-state index contributed by atoms with van der Waals surface area (Å²) in [6, 6.07) is 0. The summed E-state index contributed by atoms with van der Waals surface area (Å²) in [6.07, 6.45) is 19.7. The van der Waals surface area contributed by atoms with Crippen LogP contribution in [0.4, 0.5) is 0 Å². The molecule has 2 heteroatoms. The van der Waals surface area contributed by atoms with Crippen LogP contribution in [0.2, 0.25) is 0 Å². The number of esters is 1. The van der Waals surface area contributed by atoms with E-state index in [0.717, 1.165) is 18.8 Å². The van der Waals surface area contributed by atoms with Gasteiger partial charge in [-0.1, -0.05) is 104 Å². The molecular formula is C22H44O2. The molecule has 0 bridgehead atoms. The Morgan fingerprint density at radius 3 is 1.79 bits per heavy atom. The van der Waals surface area contributed by atoms with Gasteiger partial charge in [0, 0.05) is 6.42 Å². The largest absolute Gasteiger partial charge is 0.466 e. The van der Waals surface area contributed by atoms with E-state index >= 15 is 0 Å². The maximum Gasteiger partial charge on any atom is 0.305 e. The number of hydrogen-bond donors (Lipinski definition) is 0. The summed E-state index contributed by atoms with van der Waals surface area (Å²) in [5.41, 5.74) is 0. The van der Waals surface area contributed by atoms with Crippen LogP contribution >= 0.6 is 0 Å². The van der Waals surface area contributed by atoms with Crippen LogP contribution in [0.25, 0.3) is 0 Å². The quantitative estimate of drug-likeness (QED) is 0.191. The highest BCUT2D eigenvalue weighted by Crippen LogP contribution is 2.12. The maximum atomic E-state index is 11.6. The zero-order valence-electron chi connectivity index (χ0n) is 16.9. The Bertz CT molecular complexity index is 261.